The number of nitrogens with zero attached hydrogens (tertiary/aromatic N) is 1. The van der Waals surface area contributed by atoms with Crippen LogP contribution in [0.2, 0.25) is 5.02 Å². The number of carbonyl (C=O) groups is 2. The summed E-state index contributed by atoms with van der Waals surface area (Å²) in [7, 11) is 0. The first-order valence-corrected chi connectivity index (χ1v) is 7.94. The van der Waals surface area contributed by atoms with Crippen LogP contribution in [0.1, 0.15) is 18.9 Å². The van der Waals surface area contributed by atoms with E-state index < -0.39 is 17.7 Å². The smallest absolute Gasteiger partial charge is 0.317 e. The zero-order chi connectivity index (χ0) is 17.0. The molecule has 0 aliphatic carbocycles. The lowest BCUT2D eigenvalue weighted by Gasteiger charge is -2.34. The van der Waals surface area contributed by atoms with Crippen LogP contribution in [-0.4, -0.2) is 41.6 Å². The number of piperidine rings is 1. The maximum Gasteiger partial charge on any atom is 0.317 e. The van der Waals surface area contributed by atoms with Gasteiger partial charge in [0.1, 0.15) is 5.82 Å². The lowest BCUT2D eigenvalue weighted by atomic mass is 9.91. The van der Waals surface area contributed by atoms with Gasteiger partial charge in [-0.2, -0.15) is 0 Å². The molecule has 1 saturated heterocycles. The Morgan fingerprint density at radius 2 is 2.17 bits per heavy atom. The fourth-order valence-corrected chi connectivity index (χ4v) is 3.10. The molecule has 1 aliphatic rings. The highest BCUT2D eigenvalue weighted by Gasteiger charge is 2.31. The largest absolute Gasteiger partial charge is 0.481 e. The lowest BCUT2D eigenvalue weighted by Crippen LogP contribution is -2.49. The van der Waals surface area contributed by atoms with Gasteiger partial charge >= 0.3 is 12.0 Å². The van der Waals surface area contributed by atoms with Crippen LogP contribution in [0.3, 0.4) is 0 Å². The van der Waals surface area contributed by atoms with E-state index in [1.807, 2.05) is 6.92 Å². The second kappa shape index (κ2) is 7.64. The molecule has 2 unspecified atom stereocenters. The summed E-state index contributed by atoms with van der Waals surface area (Å²) >= 11 is 5.94. The average Bonchev–Trinajstić information content (AvgIpc) is 2.48. The van der Waals surface area contributed by atoms with Crippen LogP contribution in [0, 0.1) is 17.7 Å². The molecule has 1 aromatic rings. The molecule has 1 aromatic carbocycles. The van der Waals surface area contributed by atoms with Crippen LogP contribution in [0.15, 0.2) is 18.2 Å². The summed E-state index contributed by atoms with van der Waals surface area (Å²) in [6, 6.07) is 3.88. The van der Waals surface area contributed by atoms with Crippen molar-refractivity contribution in [3.8, 4) is 0 Å². The van der Waals surface area contributed by atoms with E-state index in [9.17, 15) is 14.0 Å². The molecule has 5 nitrogen and oxygen atoms in total. The number of aliphatic carboxylic acids is 1. The minimum absolute atomic E-state index is 0.155. The molecular formula is C16H20ClFN2O3. The highest BCUT2D eigenvalue weighted by molar-refractivity contribution is 6.31. The number of carboxylic acids is 1. The molecule has 0 radical (unpaired) electrons. The van der Waals surface area contributed by atoms with Gasteiger partial charge in [-0.15, -0.1) is 0 Å². The number of amides is 2. The van der Waals surface area contributed by atoms with E-state index in [2.05, 4.69) is 5.32 Å². The van der Waals surface area contributed by atoms with Crippen molar-refractivity contribution in [2.75, 3.05) is 19.6 Å². The Morgan fingerprint density at radius 3 is 2.83 bits per heavy atom. The quantitative estimate of drug-likeness (QED) is 0.884. The maximum atomic E-state index is 13.0. The fourth-order valence-electron chi connectivity index (χ4n) is 2.84. The van der Waals surface area contributed by atoms with Crippen molar-refractivity contribution in [3.05, 3.63) is 34.6 Å². The van der Waals surface area contributed by atoms with Crippen LogP contribution in [-0.2, 0) is 11.2 Å². The molecule has 2 atom stereocenters. The van der Waals surface area contributed by atoms with Crippen molar-refractivity contribution in [1.82, 2.24) is 10.2 Å². The number of hydrogen-bond donors (Lipinski definition) is 2. The summed E-state index contributed by atoms with van der Waals surface area (Å²) in [4.78, 5) is 24.8. The topological polar surface area (TPSA) is 69.6 Å². The van der Waals surface area contributed by atoms with Crippen molar-refractivity contribution in [2.45, 2.75) is 19.8 Å². The summed E-state index contributed by atoms with van der Waals surface area (Å²) in [6.45, 7) is 3.07. The second-order valence-corrected chi connectivity index (χ2v) is 6.41. The number of rotatable bonds is 4. The molecule has 1 heterocycles. The minimum Gasteiger partial charge on any atom is -0.481 e. The first kappa shape index (κ1) is 17.5. The van der Waals surface area contributed by atoms with Gasteiger partial charge in [-0.1, -0.05) is 24.6 Å². The van der Waals surface area contributed by atoms with Crippen molar-refractivity contribution >= 4 is 23.6 Å². The maximum absolute atomic E-state index is 13.0. The molecule has 23 heavy (non-hydrogen) atoms. The second-order valence-electron chi connectivity index (χ2n) is 6.00. The Kier molecular flexibility index (Phi) is 5.82. The van der Waals surface area contributed by atoms with E-state index in [-0.39, 0.29) is 18.5 Å². The van der Waals surface area contributed by atoms with E-state index in [4.69, 9.17) is 16.7 Å². The Balaban J connectivity index is 1.85. The molecule has 0 saturated carbocycles. The van der Waals surface area contributed by atoms with E-state index in [1.54, 1.807) is 11.0 Å². The zero-order valence-electron chi connectivity index (χ0n) is 12.9. The zero-order valence-corrected chi connectivity index (χ0v) is 13.6. The average molecular weight is 343 g/mol. The van der Waals surface area contributed by atoms with Gasteiger partial charge in [-0.3, -0.25) is 4.79 Å². The summed E-state index contributed by atoms with van der Waals surface area (Å²) in [6.07, 6.45) is 1.07. The Hall–Kier alpha value is -1.82. The van der Waals surface area contributed by atoms with E-state index in [1.165, 1.54) is 12.1 Å². The number of hydrogen-bond acceptors (Lipinski definition) is 2. The van der Waals surface area contributed by atoms with Gasteiger partial charge in [0.2, 0.25) is 0 Å². The molecule has 0 aromatic heterocycles. The van der Waals surface area contributed by atoms with Crippen LogP contribution in [0.4, 0.5) is 9.18 Å². The number of carboxylic acid groups (broad SMARTS) is 1. The number of likely N-dealkylation sites (tertiary alicyclic amines) is 1. The highest BCUT2D eigenvalue weighted by atomic mass is 35.5. The van der Waals surface area contributed by atoms with Crippen LogP contribution < -0.4 is 5.32 Å². The third-order valence-electron chi connectivity index (χ3n) is 3.98. The molecule has 7 heteroatoms. The number of halogens is 2. The fraction of sp³-hybridized carbons (Fsp3) is 0.500. The molecule has 2 N–H and O–H groups in total. The third kappa shape index (κ3) is 4.82. The van der Waals surface area contributed by atoms with Gasteiger partial charge in [0.25, 0.3) is 0 Å². The Labute approximate surface area is 139 Å². The molecule has 2 rings (SSSR count). The number of benzene rings is 1. The van der Waals surface area contributed by atoms with Crippen LogP contribution in [0.5, 0.6) is 0 Å². The van der Waals surface area contributed by atoms with Gasteiger partial charge in [-0.25, -0.2) is 9.18 Å². The molecule has 2 amide bonds. The Morgan fingerprint density at radius 1 is 1.43 bits per heavy atom. The molecule has 1 fully saturated rings. The summed E-state index contributed by atoms with van der Waals surface area (Å²) < 4.78 is 13.0. The van der Waals surface area contributed by atoms with Crippen molar-refractivity contribution < 1.29 is 19.1 Å². The number of carbonyl (C=O) groups excluding carboxylic acids is 1. The summed E-state index contributed by atoms with van der Waals surface area (Å²) in [5, 5.41) is 12.2. The van der Waals surface area contributed by atoms with Crippen LogP contribution >= 0.6 is 11.6 Å². The number of nitrogens with one attached hydrogen (secondary N) is 1. The predicted molar refractivity (Wildman–Crippen MR) is 85.0 cm³/mol. The summed E-state index contributed by atoms with van der Waals surface area (Å²) in [5.41, 5.74) is 0.754. The summed E-state index contributed by atoms with van der Waals surface area (Å²) in [5.74, 6) is -1.63. The van der Waals surface area contributed by atoms with E-state index in [0.29, 0.717) is 31.0 Å². The SMILES string of the molecule is CC1CC(C(=O)O)CN(C(=O)NCCc2ccc(F)cc2Cl)C1. The molecule has 126 valence electrons. The first-order valence-electron chi connectivity index (χ1n) is 7.56. The number of urea groups is 1. The standard InChI is InChI=1S/C16H20ClFN2O3/c1-10-6-12(15(21)22)9-20(8-10)16(23)19-5-4-11-2-3-13(18)7-14(11)17/h2-3,7,10,12H,4-6,8-9H2,1H3,(H,19,23)(H,21,22). The lowest BCUT2D eigenvalue weighted by molar-refractivity contribution is -0.143. The molecular weight excluding hydrogens is 323 g/mol. The van der Waals surface area contributed by atoms with Crippen molar-refractivity contribution in [2.24, 2.45) is 11.8 Å². The van der Waals surface area contributed by atoms with Gasteiger partial charge in [-0.05, 0) is 36.5 Å². The van der Waals surface area contributed by atoms with Crippen molar-refractivity contribution in [3.63, 3.8) is 0 Å². The van der Waals surface area contributed by atoms with Gasteiger partial charge in [0.15, 0.2) is 0 Å². The predicted octanol–water partition coefficient (Wildman–Crippen LogP) is 2.77. The van der Waals surface area contributed by atoms with Gasteiger partial charge in [0.05, 0.1) is 5.92 Å². The van der Waals surface area contributed by atoms with Gasteiger partial charge < -0.3 is 15.3 Å². The van der Waals surface area contributed by atoms with Gasteiger partial charge in [0, 0.05) is 24.7 Å². The molecule has 0 spiro atoms. The highest BCUT2D eigenvalue weighted by Crippen LogP contribution is 2.22. The van der Waals surface area contributed by atoms with E-state index >= 15 is 0 Å². The monoisotopic (exact) mass is 342 g/mol. The Bertz CT molecular complexity index is 597. The van der Waals surface area contributed by atoms with Crippen LogP contribution in [0.25, 0.3) is 0 Å². The molecule has 1 aliphatic heterocycles. The third-order valence-corrected chi connectivity index (χ3v) is 4.33. The molecule has 0 bridgehead atoms. The minimum atomic E-state index is -0.868. The van der Waals surface area contributed by atoms with E-state index in [0.717, 1.165) is 5.56 Å². The first-order chi connectivity index (χ1) is 10.9. The van der Waals surface area contributed by atoms with Crippen molar-refractivity contribution in [1.29, 1.82) is 0 Å². The normalized spacial score (nSPS) is 21.1.